The molecule has 27 heavy (non-hydrogen) atoms. The summed E-state index contributed by atoms with van der Waals surface area (Å²) in [7, 11) is 1.78. The minimum atomic E-state index is -0.0571. The summed E-state index contributed by atoms with van der Waals surface area (Å²) in [4.78, 5) is 14.2. The summed E-state index contributed by atoms with van der Waals surface area (Å²) in [5.74, 6) is 0.780. The standard InChI is InChI=1S/C22H25N3O2/c1-17-11-18(2)13-21(12-17)27-10-9-24(3)22(26)20-14-23-25(16-20)15-19-7-5-4-6-8-19/h4-8,11-14,16H,9-10,15H2,1-3H3. The van der Waals surface area contributed by atoms with Crippen LogP contribution in [0.25, 0.3) is 0 Å². The van der Waals surface area contributed by atoms with Crippen LogP contribution in [-0.4, -0.2) is 40.8 Å². The molecule has 5 nitrogen and oxygen atoms in total. The van der Waals surface area contributed by atoms with E-state index in [4.69, 9.17) is 4.74 Å². The van der Waals surface area contributed by atoms with Crippen LogP contribution in [0.1, 0.15) is 27.0 Å². The number of aromatic nitrogens is 2. The molecular formula is C22H25N3O2. The third-order valence-corrected chi connectivity index (χ3v) is 4.30. The van der Waals surface area contributed by atoms with Crippen molar-refractivity contribution in [2.24, 2.45) is 0 Å². The fourth-order valence-electron chi connectivity index (χ4n) is 2.97. The van der Waals surface area contributed by atoms with Crippen LogP contribution in [0.2, 0.25) is 0 Å². The molecule has 0 spiro atoms. The number of hydrogen-bond donors (Lipinski definition) is 0. The highest BCUT2D eigenvalue weighted by atomic mass is 16.5. The van der Waals surface area contributed by atoms with E-state index in [-0.39, 0.29) is 5.91 Å². The maximum absolute atomic E-state index is 12.6. The number of ether oxygens (including phenoxy) is 1. The van der Waals surface area contributed by atoms with Crippen molar-refractivity contribution in [3.63, 3.8) is 0 Å². The van der Waals surface area contributed by atoms with Gasteiger partial charge in [0.1, 0.15) is 12.4 Å². The van der Waals surface area contributed by atoms with E-state index in [2.05, 4.69) is 11.2 Å². The Bertz CT molecular complexity index is 883. The summed E-state index contributed by atoms with van der Waals surface area (Å²) in [6.07, 6.45) is 3.41. The van der Waals surface area contributed by atoms with E-state index in [0.717, 1.165) is 11.3 Å². The molecule has 1 amide bonds. The zero-order valence-corrected chi connectivity index (χ0v) is 16.1. The molecule has 0 unspecified atom stereocenters. The summed E-state index contributed by atoms with van der Waals surface area (Å²) in [6.45, 7) is 5.69. The van der Waals surface area contributed by atoms with E-state index in [1.54, 1.807) is 29.0 Å². The summed E-state index contributed by atoms with van der Waals surface area (Å²) in [6, 6.07) is 16.2. The number of amides is 1. The molecule has 2 aromatic carbocycles. The van der Waals surface area contributed by atoms with Crippen molar-refractivity contribution in [2.75, 3.05) is 20.2 Å². The Morgan fingerprint density at radius 2 is 1.81 bits per heavy atom. The normalized spacial score (nSPS) is 10.6. The molecule has 3 rings (SSSR count). The summed E-state index contributed by atoms with van der Waals surface area (Å²) in [5.41, 5.74) is 4.06. The zero-order chi connectivity index (χ0) is 19.2. The Morgan fingerprint density at radius 3 is 2.52 bits per heavy atom. The minimum Gasteiger partial charge on any atom is -0.492 e. The lowest BCUT2D eigenvalue weighted by Gasteiger charge is -2.17. The van der Waals surface area contributed by atoms with E-state index >= 15 is 0 Å². The van der Waals surface area contributed by atoms with Gasteiger partial charge in [0, 0.05) is 13.2 Å². The van der Waals surface area contributed by atoms with Gasteiger partial charge in [0.05, 0.1) is 24.8 Å². The molecule has 1 aromatic heterocycles. The Kier molecular flexibility index (Phi) is 5.91. The van der Waals surface area contributed by atoms with Crippen LogP contribution in [0.3, 0.4) is 0 Å². The van der Waals surface area contributed by atoms with Crippen LogP contribution in [0.4, 0.5) is 0 Å². The largest absolute Gasteiger partial charge is 0.492 e. The first-order valence-corrected chi connectivity index (χ1v) is 9.04. The Hall–Kier alpha value is -3.08. The molecule has 0 aliphatic rings. The highest BCUT2D eigenvalue weighted by molar-refractivity contribution is 5.93. The first kappa shape index (κ1) is 18.7. The van der Waals surface area contributed by atoms with E-state index in [1.807, 2.05) is 56.3 Å². The van der Waals surface area contributed by atoms with Gasteiger partial charge in [0.25, 0.3) is 5.91 Å². The third-order valence-electron chi connectivity index (χ3n) is 4.30. The summed E-state index contributed by atoms with van der Waals surface area (Å²) in [5, 5.41) is 4.30. The predicted octanol–water partition coefficient (Wildman–Crippen LogP) is 3.70. The van der Waals surface area contributed by atoms with Crippen molar-refractivity contribution in [2.45, 2.75) is 20.4 Å². The van der Waals surface area contributed by atoms with Gasteiger partial charge in [0.15, 0.2) is 0 Å². The SMILES string of the molecule is Cc1cc(C)cc(OCCN(C)C(=O)c2cnn(Cc3ccccc3)c2)c1. The zero-order valence-electron chi connectivity index (χ0n) is 16.1. The minimum absolute atomic E-state index is 0.0571. The number of likely N-dealkylation sites (N-methyl/N-ethyl adjacent to an activating group) is 1. The molecule has 1 heterocycles. The lowest BCUT2D eigenvalue weighted by atomic mass is 10.1. The highest BCUT2D eigenvalue weighted by Gasteiger charge is 2.14. The number of nitrogens with zero attached hydrogens (tertiary/aromatic N) is 3. The number of hydrogen-bond acceptors (Lipinski definition) is 3. The molecule has 0 atom stereocenters. The topological polar surface area (TPSA) is 47.4 Å². The average molecular weight is 363 g/mol. The number of carbonyl (C=O) groups excluding carboxylic acids is 1. The molecule has 0 aliphatic heterocycles. The molecule has 0 bridgehead atoms. The quantitative estimate of drug-likeness (QED) is 0.643. The molecule has 0 fully saturated rings. The average Bonchev–Trinajstić information content (AvgIpc) is 3.09. The first-order valence-electron chi connectivity index (χ1n) is 9.04. The second-order valence-corrected chi connectivity index (χ2v) is 6.81. The van der Waals surface area contributed by atoms with Crippen LogP contribution in [-0.2, 0) is 6.54 Å². The van der Waals surface area contributed by atoms with Crippen molar-refractivity contribution in [3.8, 4) is 5.75 Å². The lowest BCUT2D eigenvalue weighted by Crippen LogP contribution is -2.30. The van der Waals surface area contributed by atoms with Crippen LogP contribution < -0.4 is 4.74 Å². The van der Waals surface area contributed by atoms with Gasteiger partial charge in [-0.2, -0.15) is 5.10 Å². The summed E-state index contributed by atoms with van der Waals surface area (Å²) < 4.78 is 7.57. The number of aryl methyl sites for hydroxylation is 2. The fraction of sp³-hybridized carbons (Fsp3) is 0.273. The monoisotopic (exact) mass is 363 g/mol. The van der Waals surface area contributed by atoms with Crippen LogP contribution >= 0.6 is 0 Å². The van der Waals surface area contributed by atoms with Gasteiger partial charge in [-0.3, -0.25) is 9.48 Å². The highest BCUT2D eigenvalue weighted by Crippen LogP contribution is 2.16. The van der Waals surface area contributed by atoms with Crippen LogP contribution in [0, 0.1) is 13.8 Å². The van der Waals surface area contributed by atoms with Gasteiger partial charge in [-0.1, -0.05) is 36.4 Å². The second kappa shape index (κ2) is 8.54. The molecule has 0 radical (unpaired) electrons. The maximum atomic E-state index is 12.6. The van der Waals surface area contributed by atoms with Crippen molar-refractivity contribution in [1.82, 2.24) is 14.7 Å². The van der Waals surface area contributed by atoms with E-state index < -0.39 is 0 Å². The molecule has 0 N–H and O–H groups in total. The number of carbonyl (C=O) groups is 1. The van der Waals surface area contributed by atoms with Gasteiger partial charge in [-0.25, -0.2) is 0 Å². The third kappa shape index (κ3) is 5.20. The smallest absolute Gasteiger partial charge is 0.256 e. The Balaban J connectivity index is 1.52. The van der Waals surface area contributed by atoms with Gasteiger partial charge < -0.3 is 9.64 Å². The van der Waals surface area contributed by atoms with Gasteiger partial charge in [-0.05, 0) is 42.7 Å². The second-order valence-electron chi connectivity index (χ2n) is 6.81. The van der Waals surface area contributed by atoms with Crippen molar-refractivity contribution in [1.29, 1.82) is 0 Å². The van der Waals surface area contributed by atoms with Crippen molar-refractivity contribution < 1.29 is 9.53 Å². The van der Waals surface area contributed by atoms with Gasteiger partial charge >= 0.3 is 0 Å². The Morgan fingerprint density at radius 1 is 1.11 bits per heavy atom. The number of benzene rings is 2. The molecule has 5 heteroatoms. The molecule has 0 aliphatic carbocycles. The summed E-state index contributed by atoms with van der Waals surface area (Å²) >= 11 is 0. The molecular weight excluding hydrogens is 338 g/mol. The van der Waals surface area contributed by atoms with Gasteiger partial charge in [0.2, 0.25) is 0 Å². The van der Waals surface area contributed by atoms with Crippen molar-refractivity contribution in [3.05, 3.63) is 83.2 Å². The molecule has 140 valence electrons. The lowest BCUT2D eigenvalue weighted by molar-refractivity contribution is 0.0773. The van der Waals surface area contributed by atoms with E-state index in [1.165, 1.54) is 11.1 Å². The van der Waals surface area contributed by atoms with E-state index in [9.17, 15) is 4.79 Å². The van der Waals surface area contributed by atoms with Crippen LogP contribution in [0.5, 0.6) is 5.75 Å². The maximum Gasteiger partial charge on any atom is 0.256 e. The predicted molar refractivity (Wildman–Crippen MR) is 106 cm³/mol. The fourth-order valence-corrected chi connectivity index (χ4v) is 2.97. The van der Waals surface area contributed by atoms with E-state index in [0.29, 0.717) is 25.3 Å². The Labute approximate surface area is 160 Å². The van der Waals surface area contributed by atoms with Crippen LogP contribution in [0.15, 0.2) is 60.9 Å². The molecule has 0 saturated carbocycles. The van der Waals surface area contributed by atoms with Crippen molar-refractivity contribution >= 4 is 5.91 Å². The molecule has 3 aromatic rings. The molecule has 0 saturated heterocycles. The first-order chi connectivity index (χ1) is 13.0. The van der Waals surface area contributed by atoms with Gasteiger partial charge in [-0.15, -0.1) is 0 Å². The number of rotatable bonds is 7.